The number of alkyl halides is 1. The molecule has 1 nitrogen and oxygen atoms in total. The summed E-state index contributed by atoms with van der Waals surface area (Å²) in [4.78, 5) is 2.49. The Kier molecular flexibility index (Phi) is 4.31. The van der Waals surface area contributed by atoms with Crippen molar-refractivity contribution in [2.75, 3.05) is 18.0 Å². The van der Waals surface area contributed by atoms with E-state index in [1.165, 1.54) is 41.7 Å². The Morgan fingerprint density at radius 3 is 2.56 bits per heavy atom. The van der Waals surface area contributed by atoms with E-state index in [-0.39, 0.29) is 0 Å². The Labute approximate surface area is 114 Å². The maximum absolute atomic E-state index is 3.68. The molecule has 1 aromatic carbocycles. The van der Waals surface area contributed by atoms with Crippen LogP contribution in [0.1, 0.15) is 25.3 Å². The molecule has 0 saturated carbocycles. The maximum atomic E-state index is 3.68. The van der Waals surface area contributed by atoms with Crippen LogP contribution in [0.25, 0.3) is 0 Å². The van der Waals surface area contributed by atoms with Gasteiger partial charge in [0.05, 0.1) is 5.69 Å². The summed E-state index contributed by atoms with van der Waals surface area (Å²) in [5.74, 6) is 0.886. The molecular formula is C13H17Br2N. The number of piperidine rings is 1. The van der Waals surface area contributed by atoms with E-state index in [4.69, 9.17) is 0 Å². The molecule has 3 heteroatoms. The smallest absolute Gasteiger partial charge is 0.0510 e. The van der Waals surface area contributed by atoms with Crippen LogP contribution in [-0.4, -0.2) is 13.1 Å². The second kappa shape index (κ2) is 5.54. The molecule has 1 aromatic rings. The summed E-state index contributed by atoms with van der Waals surface area (Å²) in [6, 6.07) is 6.64. The van der Waals surface area contributed by atoms with E-state index in [9.17, 15) is 0 Å². The minimum atomic E-state index is 0.886. The Hall–Kier alpha value is -0.0200. The molecule has 0 atom stereocenters. The highest BCUT2D eigenvalue weighted by Gasteiger charge is 2.17. The normalized spacial score (nSPS) is 17.8. The maximum Gasteiger partial charge on any atom is 0.0510 e. The van der Waals surface area contributed by atoms with Crippen molar-refractivity contribution < 1.29 is 0 Å². The summed E-state index contributed by atoms with van der Waals surface area (Å²) in [6.07, 6.45) is 2.62. The topological polar surface area (TPSA) is 3.24 Å². The molecule has 0 aromatic heterocycles. The van der Waals surface area contributed by atoms with Crippen LogP contribution in [0.3, 0.4) is 0 Å². The zero-order valence-corrected chi connectivity index (χ0v) is 12.7. The fourth-order valence-electron chi connectivity index (χ4n) is 2.14. The Bertz CT molecular complexity index is 357. The van der Waals surface area contributed by atoms with Crippen molar-refractivity contribution in [3.05, 3.63) is 28.2 Å². The third kappa shape index (κ3) is 2.80. The highest BCUT2D eigenvalue weighted by atomic mass is 79.9. The van der Waals surface area contributed by atoms with Gasteiger partial charge in [-0.05, 0) is 52.4 Å². The van der Waals surface area contributed by atoms with Crippen LogP contribution in [0, 0.1) is 5.92 Å². The van der Waals surface area contributed by atoms with Crippen LogP contribution in [0.2, 0.25) is 0 Å². The van der Waals surface area contributed by atoms with E-state index in [0.29, 0.717) is 0 Å². The number of hydrogen-bond acceptors (Lipinski definition) is 1. The molecule has 1 aliphatic rings. The van der Waals surface area contributed by atoms with Crippen molar-refractivity contribution in [2.24, 2.45) is 5.92 Å². The molecule has 0 amide bonds. The molecule has 0 radical (unpaired) electrons. The van der Waals surface area contributed by atoms with Crippen LogP contribution < -0.4 is 4.90 Å². The molecule has 88 valence electrons. The number of benzene rings is 1. The summed E-state index contributed by atoms with van der Waals surface area (Å²) in [6.45, 7) is 4.72. The first-order chi connectivity index (χ1) is 7.70. The molecule has 0 bridgehead atoms. The molecule has 0 unspecified atom stereocenters. The van der Waals surface area contributed by atoms with Gasteiger partial charge in [0.25, 0.3) is 0 Å². The van der Waals surface area contributed by atoms with Crippen LogP contribution >= 0.6 is 31.9 Å². The first kappa shape index (κ1) is 12.4. The molecule has 1 aliphatic heterocycles. The van der Waals surface area contributed by atoms with Gasteiger partial charge in [0.15, 0.2) is 0 Å². The Morgan fingerprint density at radius 2 is 2.00 bits per heavy atom. The third-order valence-electron chi connectivity index (χ3n) is 3.29. The first-order valence-corrected chi connectivity index (χ1v) is 7.71. The van der Waals surface area contributed by atoms with Crippen LogP contribution in [-0.2, 0) is 5.33 Å². The minimum Gasteiger partial charge on any atom is -0.371 e. The summed E-state index contributed by atoms with van der Waals surface area (Å²) < 4.78 is 1.22. The standard InChI is InChI=1S/C13H17Br2N/c1-10-4-6-16(7-5-10)13-3-2-11(9-14)8-12(13)15/h2-3,8,10H,4-7,9H2,1H3. The van der Waals surface area contributed by atoms with Crippen molar-refractivity contribution in [1.82, 2.24) is 0 Å². The van der Waals surface area contributed by atoms with Crippen LogP contribution in [0.4, 0.5) is 5.69 Å². The van der Waals surface area contributed by atoms with Crippen molar-refractivity contribution in [2.45, 2.75) is 25.1 Å². The molecule has 1 fully saturated rings. The molecule has 2 rings (SSSR count). The van der Waals surface area contributed by atoms with Gasteiger partial charge in [0.2, 0.25) is 0 Å². The minimum absolute atomic E-state index is 0.886. The van der Waals surface area contributed by atoms with E-state index in [2.05, 4.69) is 61.9 Å². The first-order valence-electron chi connectivity index (χ1n) is 5.80. The monoisotopic (exact) mass is 345 g/mol. The number of hydrogen-bond donors (Lipinski definition) is 0. The number of anilines is 1. The number of rotatable bonds is 2. The van der Waals surface area contributed by atoms with E-state index in [0.717, 1.165) is 11.2 Å². The number of nitrogens with zero attached hydrogens (tertiary/aromatic N) is 1. The van der Waals surface area contributed by atoms with E-state index < -0.39 is 0 Å². The molecule has 0 N–H and O–H groups in total. The van der Waals surface area contributed by atoms with Gasteiger partial charge in [0.1, 0.15) is 0 Å². The van der Waals surface area contributed by atoms with Gasteiger partial charge in [-0.2, -0.15) is 0 Å². The summed E-state index contributed by atoms with van der Waals surface area (Å²) in [7, 11) is 0. The second-order valence-electron chi connectivity index (χ2n) is 4.59. The predicted octanol–water partition coefficient (Wildman–Crippen LogP) is 4.58. The quantitative estimate of drug-likeness (QED) is 0.708. The van der Waals surface area contributed by atoms with Crippen LogP contribution in [0.15, 0.2) is 22.7 Å². The van der Waals surface area contributed by atoms with Gasteiger partial charge in [-0.1, -0.05) is 28.9 Å². The van der Waals surface area contributed by atoms with Gasteiger partial charge in [0, 0.05) is 22.9 Å². The second-order valence-corrected chi connectivity index (χ2v) is 6.00. The summed E-state index contributed by atoms with van der Waals surface area (Å²) in [5, 5.41) is 0.920. The van der Waals surface area contributed by atoms with E-state index in [1.807, 2.05) is 0 Å². The van der Waals surface area contributed by atoms with E-state index >= 15 is 0 Å². The molecule has 0 spiro atoms. The predicted molar refractivity (Wildman–Crippen MR) is 77.4 cm³/mol. The van der Waals surface area contributed by atoms with Gasteiger partial charge in [-0.25, -0.2) is 0 Å². The lowest BCUT2D eigenvalue weighted by molar-refractivity contribution is 0.438. The Balaban J connectivity index is 2.14. The Morgan fingerprint density at radius 1 is 1.31 bits per heavy atom. The molecule has 1 saturated heterocycles. The van der Waals surface area contributed by atoms with Gasteiger partial charge in [-0.3, -0.25) is 0 Å². The fourth-order valence-corrected chi connectivity index (χ4v) is 3.17. The largest absolute Gasteiger partial charge is 0.371 e. The van der Waals surface area contributed by atoms with Crippen molar-refractivity contribution in [3.8, 4) is 0 Å². The highest BCUT2D eigenvalue weighted by Crippen LogP contribution is 2.31. The van der Waals surface area contributed by atoms with Gasteiger partial charge >= 0.3 is 0 Å². The zero-order chi connectivity index (χ0) is 11.5. The zero-order valence-electron chi connectivity index (χ0n) is 9.55. The number of halogens is 2. The SMILES string of the molecule is CC1CCN(c2ccc(CBr)cc2Br)CC1. The third-order valence-corrected chi connectivity index (χ3v) is 4.57. The lowest BCUT2D eigenvalue weighted by atomic mass is 9.99. The molecule has 0 aliphatic carbocycles. The average molecular weight is 347 g/mol. The average Bonchev–Trinajstić information content (AvgIpc) is 2.30. The molecular weight excluding hydrogens is 330 g/mol. The van der Waals surface area contributed by atoms with Gasteiger partial charge < -0.3 is 4.90 Å². The lowest BCUT2D eigenvalue weighted by Crippen LogP contribution is -2.32. The van der Waals surface area contributed by atoms with Crippen molar-refractivity contribution in [3.63, 3.8) is 0 Å². The molecule has 1 heterocycles. The highest BCUT2D eigenvalue weighted by molar-refractivity contribution is 9.10. The van der Waals surface area contributed by atoms with Crippen molar-refractivity contribution >= 4 is 37.5 Å². The van der Waals surface area contributed by atoms with E-state index in [1.54, 1.807) is 0 Å². The summed E-state index contributed by atoms with van der Waals surface area (Å²) in [5.41, 5.74) is 2.66. The van der Waals surface area contributed by atoms with Crippen LogP contribution in [0.5, 0.6) is 0 Å². The van der Waals surface area contributed by atoms with Crippen molar-refractivity contribution in [1.29, 1.82) is 0 Å². The molecule has 16 heavy (non-hydrogen) atoms. The summed E-state index contributed by atoms with van der Waals surface area (Å²) >= 11 is 7.16. The fraction of sp³-hybridized carbons (Fsp3) is 0.538. The lowest BCUT2D eigenvalue weighted by Gasteiger charge is -2.32. The van der Waals surface area contributed by atoms with Gasteiger partial charge in [-0.15, -0.1) is 0 Å².